The van der Waals surface area contributed by atoms with Crippen LogP contribution in [-0.4, -0.2) is 0 Å². The van der Waals surface area contributed by atoms with Crippen LogP contribution in [0.25, 0.3) is 0 Å². The summed E-state index contributed by atoms with van der Waals surface area (Å²) in [6.45, 7) is 2.19. The van der Waals surface area contributed by atoms with Gasteiger partial charge in [-0.25, -0.2) is 0 Å². The zero-order valence-electron chi connectivity index (χ0n) is 11.3. The van der Waals surface area contributed by atoms with Gasteiger partial charge in [-0.1, -0.05) is 77.8 Å². The van der Waals surface area contributed by atoms with Crippen LogP contribution in [0.3, 0.4) is 0 Å². The predicted molar refractivity (Wildman–Crippen MR) is 85.1 cm³/mol. The van der Waals surface area contributed by atoms with Crippen LogP contribution in [0, 0.1) is 0 Å². The van der Waals surface area contributed by atoms with Crippen molar-refractivity contribution in [3.05, 3.63) is 70.2 Å². The smallest absolute Gasteiger partial charge is 0.0450 e. The first kappa shape index (κ1) is 14.3. The maximum atomic E-state index is 6.71. The molecule has 0 amide bonds. The van der Waals surface area contributed by atoms with Crippen molar-refractivity contribution in [2.75, 3.05) is 0 Å². The fourth-order valence-electron chi connectivity index (χ4n) is 2.53. The Balaban J connectivity index is 2.33. The Kier molecular flexibility index (Phi) is 4.78. The van der Waals surface area contributed by atoms with Crippen LogP contribution in [0.15, 0.2) is 59.1 Å². The van der Waals surface area contributed by atoms with Crippen LogP contribution >= 0.6 is 15.9 Å². The molecule has 0 aliphatic heterocycles. The maximum Gasteiger partial charge on any atom is 0.0450 e. The Bertz CT molecular complexity index is 524. The van der Waals surface area contributed by atoms with Gasteiger partial charge < -0.3 is 5.73 Å². The summed E-state index contributed by atoms with van der Waals surface area (Å²) in [5.74, 6) is 0. The molecule has 19 heavy (non-hydrogen) atoms. The summed E-state index contributed by atoms with van der Waals surface area (Å²) in [5.41, 5.74) is 8.90. The third kappa shape index (κ3) is 3.46. The summed E-state index contributed by atoms with van der Waals surface area (Å²) in [6.07, 6.45) is 2.92. The Morgan fingerprint density at radius 3 is 2.26 bits per heavy atom. The molecule has 0 spiro atoms. The standard InChI is InChI=1S/C17H20BrN/c1-2-12-17(19,15-9-4-3-5-10-15)13-14-8-6-7-11-16(14)18/h3-11H,2,12-13,19H2,1H3. The van der Waals surface area contributed by atoms with Gasteiger partial charge in [0.15, 0.2) is 0 Å². The summed E-state index contributed by atoms with van der Waals surface area (Å²) in [4.78, 5) is 0. The molecule has 1 nitrogen and oxygen atoms in total. The zero-order valence-corrected chi connectivity index (χ0v) is 12.9. The maximum absolute atomic E-state index is 6.71. The Labute approximate surface area is 124 Å². The first-order chi connectivity index (χ1) is 9.15. The highest BCUT2D eigenvalue weighted by Crippen LogP contribution is 2.30. The highest BCUT2D eigenvalue weighted by molar-refractivity contribution is 9.10. The van der Waals surface area contributed by atoms with Crippen LogP contribution in [0.1, 0.15) is 30.9 Å². The molecule has 2 rings (SSSR count). The van der Waals surface area contributed by atoms with Crippen molar-refractivity contribution in [2.45, 2.75) is 31.7 Å². The van der Waals surface area contributed by atoms with Crippen molar-refractivity contribution >= 4 is 15.9 Å². The molecule has 0 radical (unpaired) electrons. The van der Waals surface area contributed by atoms with Crippen molar-refractivity contribution in [2.24, 2.45) is 5.73 Å². The lowest BCUT2D eigenvalue weighted by molar-refractivity contribution is 0.400. The molecule has 2 aromatic carbocycles. The summed E-state index contributed by atoms with van der Waals surface area (Å²) in [6, 6.07) is 18.7. The minimum absolute atomic E-state index is 0.292. The summed E-state index contributed by atoms with van der Waals surface area (Å²) in [5, 5.41) is 0. The van der Waals surface area contributed by atoms with Crippen LogP contribution in [-0.2, 0) is 12.0 Å². The number of hydrogen-bond donors (Lipinski definition) is 1. The fourth-order valence-corrected chi connectivity index (χ4v) is 2.96. The Morgan fingerprint density at radius 2 is 1.63 bits per heavy atom. The second-order valence-corrected chi connectivity index (χ2v) is 5.89. The van der Waals surface area contributed by atoms with Crippen molar-refractivity contribution in [1.29, 1.82) is 0 Å². The second kappa shape index (κ2) is 6.36. The first-order valence-electron chi connectivity index (χ1n) is 6.73. The van der Waals surface area contributed by atoms with Gasteiger partial charge in [0, 0.05) is 10.0 Å². The summed E-state index contributed by atoms with van der Waals surface area (Å²) < 4.78 is 1.14. The van der Waals surface area contributed by atoms with Gasteiger partial charge >= 0.3 is 0 Å². The molecule has 1 atom stereocenters. The van der Waals surface area contributed by atoms with Crippen molar-refractivity contribution in [1.82, 2.24) is 0 Å². The van der Waals surface area contributed by atoms with E-state index in [1.54, 1.807) is 0 Å². The molecule has 2 N–H and O–H groups in total. The third-order valence-corrected chi connectivity index (χ3v) is 4.28. The molecule has 0 aliphatic rings. The number of benzene rings is 2. The lowest BCUT2D eigenvalue weighted by Gasteiger charge is -2.30. The average molecular weight is 318 g/mol. The SMILES string of the molecule is CCCC(N)(Cc1ccccc1Br)c1ccccc1. The van der Waals surface area contributed by atoms with Gasteiger partial charge in [0.1, 0.15) is 0 Å². The van der Waals surface area contributed by atoms with Crippen molar-refractivity contribution < 1.29 is 0 Å². The lowest BCUT2D eigenvalue weighted by Crippen LogP contribution is -2.39. The molecule has 0 saturated heterocycles. The molecule has 0 saturated carbocycles. The van der Waals surface area contributed by atoms with E-state index in [1.165, 1.54) is 11.1 Å². The molecule has 0 heterocycles. The lowest BCUT2D eigenvalue weighted by atomic mass is 9.81. The van der Waals surface area contributed by atoms with Gasteiger partial charge in [-0.05, 0) is 30.0 Å². The van der Waals surface area contributed by atoms with Crippen LogP contribution in [0.2, 0.25) is 0 Å². The zero-order chi connectivity index (χ0) is 13.7. The molecular weight excluding hydrogens is 298 g/mol. The van der Waals surface area contributed by atoms with E-state index in [2.05, 4.69) is 65.3 Å². The number of halogens is 1. The summed E-state index contributed by atoms with van der Waals surface area (Å²) >= 11 is 3.62. The first-order valence-corrected chi connectivity index (χ1v) is 7.53. The fraction of sp³-hybridized carbons (Fsp3) is 0.294. The Hall–Kier alpha value is -1.12. The Morgan fingerprint density at radius 1 is 1.00 bits per heavy atom. The van der Waals surface area contributed by atoms with E-state index in [1.807, 2.05) is 12.1 Å². The van der Waals surface area contributed by atoms with Crippen LogP contribution < -0.4 is 5.73 Å². The van der Waals surface area contributed by atoms with Gasteiger partial charge in [0.2, 0.25) is 0 Å². The number of rotatable bonds is 5. The van der Waals surface area contributed by atoms with E-state index in [-0.39, 0.29) is 5.54 Å². The molecule has 0 aromatic heterocycles. The van der Waals surface area contributed by atoms with E-state index in [0.29, 0.717) is 0 Å². The van der Waals surface area contributed by atoms with Gasteiger partial charge in [0.05, 0.1) is 0 Å². The van der Waals surface area contributed by atoms with Crippen molar-refractivity contribution in [3.63, 3.8) is 0 Å². The molecule has 1 unspecified atom stereocenters. The van der Waals surface area contributed by atoms with E-state index >= 15 is 0 Å². The van der Waals surface area contributed by atoms with Gasteiger partial charge in [0.25, 0.3) is 0 Å². The van der Waals surface area contributed by atoms with Gasteiger partial charge in [-0.3, -0.25) is 0 Å². The van der Waals surface area contributed by atoms with Crippen molar-refractivity contribution in [3.8, 4) is 0 Å². The molecule has 2 aromatic rings. The number of hydrogen-bond acceptors (Lipinski definition) is 1. The predicted octanol–water partition coefficient (Wildman–Crippen LogP) is 4.65. The molecule has 0 aliphatic carbocycles. The average Bonchev–Trinajstić information content (AvgIpc) is 2.43. The molecule has 100 valence electrons. The van der Waals surface area contributed by atoms with E-state index in [0.717, 1.165) is 23.7 Å². The van der Waals surface area contributed by atoms with Gasteiger partial charge in [-0.15, -0.1) is 0 Å². The normalized spacial score (nSPS) is 14.1. The highest BCUT2D eigenvalue weighted by Gasteiger charge is 2.27. The molecule has 0 fully saturated rings. The molecule has 0 bridgehead atoms. The molecule has 2 heteroatoms. The van der Waals surface area contributed by atoms with Crippen LogP contribution in [0.4, 0.5) is 0 Å². The molecular formula is C17H20BrN. The van der Waals surface area contributed by atoms with E-state index in [4.69, 9.17) is 5.73 Å². The highest BCUT2D eigenvalue weighted by atomic mass is 79.9. The minimum Gasteiger partial charge on any atom is -0.321 e. The van der Waals surface area contributed by atoms with E-state index < -0.39 is 0 Å². The monoisotopic (exact) mass is 317 g/mol. The topological polar surface area (TPSA) is 26.0 Å². The van der Waals surface area contributed by atoms with Gasteiger partial charge in [-0.2, -0.15) is 0 Å². The van der Waals surface area contributed by atoms with E-state index in [9.17, 15) is 0 Å². The van der Waals surface area contributed by atoms with Crippen LogP contribution in [0.5, 0.6) is 0 Å². The minimum atomic E-state index is -0.292. The number of nitrogens with two attached hydrogens (primary N) is 1. The second-order valence-electron chi connectivity index (χ2n) is 5.04. The quantitative estimate of drug-likeness (QED) is 0.853. The largest absolute Gasteiger partial charge is 0.321 e. The third-order valence-electron chi connectivity index (χ3n) is 3.51. The summed E-state index contributed by atoms with van der Waals surface area (Å²) in [7, 11) is 0.